The fraction of sp³-hybridized carbons (Fsp3) is 0.381. The molecule has 0 bridgehead atoms. The van der Waals surface area contributed by atoms with Crippen LogP contribution in [0, 0.1) is 0 Å². The lowest BCUT2D eigenvalue weighted by atomic mass is 9.78. The Hall–Kier alpha value is -2.29. The van der Waals surface area contributed by atoms with Crippen molar-refractivity contribution in [2.24, 2.45) is 0 Å². The normalized spacial score (nSPS) is 12.5. The number of amides is 1. The smallest absolute Gasteiger partial charge is 0.258 e. The van der Waals surface area contributed by atoms with Crippen molar-refractivity contribution >= 4 is 5.91 Å². The van der Waals surface area contributed by atoms with Gasteiger partial charge < -0.3 is 10.1 Å². The first-order chi connectivity index (χ1) is 11.4. The summed E-state index contributed by atoms with van der Waals surface area (Å²) < 4.78 is 5.57. The van der Waals surface area contributed by atoms with Crippen LogP contribution in [-0.2, 0) is 10.2 Å². The van der Waals surface area contributed by atoms with Gasteiger partial charge in [-0.25, -0.2) is 0 Å². The van der Waals surface area contributed by atoms with Gasteiger partial charge in [0.25, 0.3) is 5.91 Å². The second kappa shape index (κ2) is 8.00. The highest BCUT2D eigenvalue weighted by Crippen LogP contribution is 2.32. The largest absolute Gasteiger partial charge is 0.484 e. The topological polar surface area (TPSA) is 38.3 Å². The van der Waals surface area contributed by atoms with Gasteiger partial charge in [-0.15, -0.1) is 0 Å². The van der Waals surface area contributed by atoms with E-state index in [9.17, 15) is 4.79 Å². The molecule has 1 amide bonds. The molecule has 0 fully saturated rings. The summed E-state index contributed by atoms with van der Waals surface area (Å²) in [4.78, 5) is 11.8. The maximum Gasteiger partial charge on any atom is 0.258 e. The number of nitrogens with one attached hydrogen (secondary N) is 1. The first-order valence-corrected chi connectivity index (χ1v) is 8.51. The van der Waals surface area contributed by atoms with Crippen LogP contribution in [0.15, 0.2) is 54.6 Å². The predicted molar refractivity (Wildman–Crippen MR) is 98.4 cm³/mol. The molecule has 2 aromatic rings. The van der Waals surface area contributed by atoms with Crippen molar-refractivity contribution in [2.45, 2.75) is 45.6 Å². The van der Waals surface area contributed by atoms with Crippen LogP contribution >= 0.6 is 0 Å². The summed E-state index contributed by atoms with van der Waals surface area (Å²) in [6.45, 7) is 8.48. The van der Waals surface area contributed by atoms with Crippen molar-refractivity contribution in [2.75, 3.05) is 6.61 Å². The van der Waals surface area contributed by atoms with E-state index in [0.717, 1.165) is 6.42 Å². The van der Waals surface area contributed by atoms with E-state index in [4.69, 9.17) is 4.74 Å². The Labute approximate surface area is 145 Å². The molecule has 0 aromatic heterocycles. The van der Waals surface area contributed by atoms with Crippen molar-refractivity contribution in [1.29, 1.82) is 0 Å². The maximum atomic E-state index is 11.8. The van der Waals surface area contributed by atoms with Gasteiger partial charge >= 0.3 is 0 Å². The Bertz CT molecular complexity index is 647. The summed E-state index contributed by atoms with van der Waals surface area (Å²) >= 11 is 0. The number of rotatable bonds is 7. The lowest BCUT2D eigenvalue weighted by molar-refractivity contribution is -0.123. The van der Waals surface area contributed by atoms with Crippen molar-refractivity contribution in [1.82, 2.24) is 5.32 Å². The number of benzene rings is 2. The molecule has 0 aliphatic heterocycles. The fourth-order valence-corrected chi connectivity index (χ4v) is 2.56. The Morgan fingerprint density at radius 1 is 1.04 bits per heavy atom. The quantitative estimate of drug-likeness (QED) is 0.824. The van der Waals surface area contributed by atoms with Crippen LogP contribution in [-0.4, -0.2) is 18.6 Å². The molecule has 0 saturated heterocycles. The van der Waals surface area contributed by atoms with Crippen LogP contribution in [0.25, 0.3) is 0 Å². The second-order valence-electron chi connectivity index (χ2n) is 6.68. The van der Waals surface area contributed by atoms with Gasteiger partial charge in [0.2, 0.25) is 0 Å². The Morgan fingerprint density at radius 2 is 1.62 bits per heavy atom. The highest BCUT2D eigenvalue weighted by molar-refractivity contribution is 5.77. The third kappa shape index (κ3) is 4.60. The van der Waals surface area contributed by atoms with Crippen LogP contribution in [0.4, 0.5) is 0 Å². The molecule has 1 atom stereocenters. The number of carbonyl (C=O) groups excluding carboxylic acids is 1. The van der Waals surface area contributed by atoms with E-state index in [2.05, 4.69) is 55.6 Å². The van der Waals surface area contributed by atoms with E-state index < -0.39 is 0 Å². The molecule has 0 radical (unpaired) electrons. The number of hydrogen-bond donors (Lipinski definition) is 1. The van der Waals surface area contributed by atoms with Gasteiger partial charge in [0, 0.05) is 11.5 Å². The van der Waals surface area contributed by atoms with Gasteiger partial charge in [-0.05, 0) is 36.6 Å². The minimum atomic E-state index is -0.0851. The molecule has 0 aliphatic rings. The third-order valence-corrected chi connectivity index (χ3v) is 4.46. The zero-order chi connectivity index (χ0) is 17.6. The molecule has 128 valence electrons. The molecule has 2 aromatic carbocycles. The summed E-state index contributed by atoms with van der Waals surface area (Å²) in [5.74, 6) is 0.625. The van der Waals surface area contributed by atoms with E-state index in [0.29, 0.717) is 5.75 Å². The third-order valence-electron chi connectivity index (χ3n) is 4.46. The molecular weight excluding hydrogens is 298 g/mol. The zero-order valence-electron chi connectivity index (χ0n) is 15.0. The fourth-order valence-electron chi connectivity index (χ4n) is 2.56. The zero-order valence-corrected chi connectivity index (χ0v) is 15.0. The highest BCUT2D eigenvalue weighted by Gasteiger charge is 2.22. The number of hydrogen-bond acceptors (Lipinski definition) is 2. The Balaban J connectivity index is 1.99. The number of carbonyl (C=O) groups is 1. The first kappa shape index (κ1) is 18.1. The van der Waals surface area contributed by atoms with Crippen molar-refractivity contribution in [3.05, 3.63) is 65.7 Å². The van der Waals surface area contributed by atoms with Gasteiger partial charge in [-0.3, -0.25) is 4.79 Å². The van der Waals surface area contributed by atoms with Crippen LogP contribution in [0.5, 0.6) is 5.75 Å². The van der Waals surface area contributed by atoms with Gasteiger partial charge in [0.05, 0.1) is 0 Å². The van der Waals surface area contributed by atoms with Crippen LogP contribution < -0.4 is 10.1 Å². The Kier molecular flexibility index (Phi) is 6.02. The van der Waals surface area contributed by atoms with Crippen LogP contribution in [0.3, 0.4) is 0 Å². The Morgan fingerprint density at radius 3 is 2.21 bits per heavy atom. The monoisotopic (exact) mass is 325 g/mol. The lowest BCUT2D eigenvalue weighted by Gasteiger charge is -2.26. The summed E-state index contributed by atoms with van der Waals surface area (Å²) in [5.41, 5.74) is 2.41. The van der Waals surface area contributed by atoms with Gasteiger partial charge in [-0.2, -0.15) is 0 Å². The minimum Gasteiger partial charge on any atom is -0.484 e. The minimum absolute atomic E-state index is 0.0474. The molecule has 3 heteroatoms. The van der Waals surface area contributed by atoms with E-state index in [1.807, 2.05) is 32.0 Å². The average Bonchev–Trinajstić information content (AvgIpc) is 2.61. The molecule has 0 saturated carbocycles. The molecule has 1 unspecified atom stereocenters. The number of ether oxygens (including phenoxy) is 1. The van der Waals surface area contributed by atoms with Gasteiger partial charge in [-0.1, -0.05) is 63.2 Å². The summed E-state index contributed by atoms with van der Waals surface area (Å²) in [6, 6.07) is 18.6. The van der Waals surface area contributed by atoms with E-state index in [1.54, 1.807) is 0 Å². The molecule has 0 aliphatic carbocycles. The highest BCUT2D eigenvalue weighted by atomic mass is 16.5. The van der Waals surface area contributed by atoms with E-state index >= 15 is 0 Å². The van der Waals surface area contributed by atoms with Crippen molar-refractivity contribution in [3.63, 3.8) is 0 Å². The predicted octanol–water partition coefficient (Wildman–Crippen LogP) is 4.31. The van der Waals surface area contributed by atoms with Crippen molar-refractivity contribution in [3.8, 4) is 5.75 Å². The SMILES string of the molecule is CCC(C)NC(=O)COc1ccc(C(C)(C)c2ccccc2)cc1. The molecule has 0 heterocycles. The molecule has 3 nitrogen and oxygen atoms in total. The lowest BCUT2D eigenvalue weighted by Crippen LogP contribution is -2.35. The summed E-state index contributed by atoms with van der Waals surface area (Å²) in [6.07, 6.45) is 0.912. The molecule has 1 N–H and O–H groups in total. The summed E-state index contributed by atoms with van der Waals surface area (Å²) in [5, 5.41) is 2.89. The maximum absolute atomic E-state index is 11.8. The molecule has 0 spiro atoms. The molecule has 24 heavy (non-hydrogen) atoms. The van der Waals surface area contributed by atoms with Gasteiger partial charge in [0.1, 0.15) is 5.75 Å². The van der Waals surface area contributed by atoms with E-state index in [-0.39, 0.29) is 24.0 Å². The first-order valence-electron chi connectivity index (χ1n) is 8.51. The molecule has 2 rings (SSSR count). The summed E-state index contributed by atoms with van der Waals surface area (Å²) in [7, 11) is 0. The average molecular weight is 325 g/mol. The molecular formula is C21H27NO2. The van der Waals surface area contributed by atoms with Crippen molar-refractivity contribution < 1.29 is 9.53 Å². The van der Waals surface area contributed by atoms with E-state index in [1.165, 1.54) is 11.1 Å². The second-order valence-corrected chi connectivity index (χ2v) is 6.68. The van der Waals surface area contributed by atoms with Gasteiger partial charge in [0.15, 0.2) is 6.61 Å². The van der Waals surface area contributed by atoms with Crippen LogP contribution in [0.2, 0.25) is 0 Å². The standard InChI is InChI=1S/C21H27NO2/c1-5-16(2)22-20(23)15-24-19-13-11-18(12-14-19)21(3,4)17-9-7-6-8-10-17/h6-14,16H,5,15H2,1-4H3,(H,22,23). The van der Waals surface area contributed by atoms with Crippen LogP contribution in [0.1, 0.15) is 45.2 Å².